The Bertz CT molecular complexity index is 562. The van der Waals surface area contributed by atoms with Crippen LogP contribution in [0.4, 0.5) is 10.1 Å². The van der Waals surface area contributed by atoms with Crippen molar-refractivity contribution in [2.24, 2.45) is 16.8 Å². The molecule has 0 bridgehead atoms. The summed E-state index contributed by atoms with van der Waals surface area (Å²) < 4.78 is 19.1. The highest BCUT2D eigenvalue weighted by Gasteiger charge is 2.11. The molecule has 0 unspecified atom stereocenters. The summed E-state index contributed by atoms with van der Waals surface area (Å²) in [6.45, 7) is 4.22. The van der Waals surface area contributed by atoms with Crippen LogP contribution in [0.3, 0.4) is 0 Å². The number of ether oxygens (including phenoxy) is 1. The van der Waals surface area contributed by atoms with Gasteiger partial charge in [0.05, 0.1) is 6.61 Å². The molecule has 0 saturated carbocycles. The van der Waals surface area contributed by atoms with Crippen LogP contribution in [-0.2, 0) is 0 Å². The van der Waals surface area contributed by atoms with E-state index in [0.717, 1.165) is 0 Å². The zero-order valence-electron chi connectivity index (χ0n) is 11.3. The summed E-state index contributed by atoms with van der Waals surface area (Å²) in [4.78, 5) is 0. The van der Waals surface area contributed by atoms with Crippen LogP contribution in [0.5, 0.6) is 5.75 Å². The average molecular weight is 277 g/mol. The molecule has 4 N–H and O–H groups in total. The highest BCUT2D eigenvalue weighted by atomic mass is 19.1. The van der Waals surface area contributed by atoms with E-state index in [9.17, 15) is 4.39 Å². The summed E-state index contributed by atoms with van der Waals surface area (Å²) in [7, 11) is 0. The Morgan fingerprint density at radius 1 is 1.60 bits per heavy atom. The molecule has 0 aliphatic rings. The van der Waals surface area contributed by atoms with Crippen LogP contribution in [0.15, 0.2) is 23.3 Å². The first-order valence-electron chi connectivity index (χ1n) is 5.95. The van der Waals surface area contributed by atoms with Crippen molar-refractivity contribution >= 4 is 17.2 Å². The lowest BCUT2D eigenvalue weighted by atomic mass is 10.2. The lowest BCUT2D eigenvalue weighted by Gasteiger charge is -2.13. The Labute approximate surface area is 116 Å². The van der Waals surface area contributed by atoms with Gasteiger partial charge in [-0.25, -0.2) is 4.39 Å². The van der Waals surface area contributed by atoms with Crippen molar-refractivity contribution in [1.82, 2.24) is 0 Å². The predicted octanol–water partition coefficient (Wildman–Crippen LogP) is 2.09. The molecule has 0 fully saturated rings. The highest BCUT2D eigenvalue weighted by molar-refractivity contribution is 6.45. The van der Waals surface area contributed by atoms with Gasteiger partial charge in [-0.2, -0.15) is 10.4 Å². The number of hydrogen-bond donors (Lipinski definition) is 3. The van der Waals surface area contributed by atoms with Gasteiger partial charge in [0.2, 0.25) is 5.71 Å². The van der Waals surface area contributed by atoms with Crippen molar-refractivity contribution in [3.05, 3.63) is 24.0 Å². The first-order valence-corrected chi connectivity index (χ1v) is 5.95. The molecular formula is C13H16FN5O. The van der Waals surface area contributed by atoms with Crippen molar-refractivity contribution in [1.29, 1.82) is 10.7 Å². The molecule has 20 heavy (non-hydrogen) atoms. The third kappa shape index (κ3) is 4.24. The van der Waals surface area contributed by atoms with Crippen LogP contribution in [0.25, 0.3) is 0 Å². The molecule has 1 rings (SSSR count). The van der Waals surface area contributed by atoms with Gasteiger partial charge in [0.15, 0.2) is 17.4 Å². The SMILES string of the molecule is CC(C)COc1c(F)cccc1N/N=C(\C#N)C(=N)N. The zero-order valence-corrected chi connectivity index (χ0v) is 11.3. The van der Waals surface area contributed by atoms with Gasteiger partial charge in [0.1, 0.15) is 11.8 Å². The maximum atomic E-state index is 13.7. The lowest BCUT2D eigenvalue weighted by molar-refractivity contribution is 0.260. The van der Waals surface area contributed by atoms with Crippen molar-refractivity contribution in [2.45, 2.75) is 13.8 Å². The number of amidine groups is 1. The number of hydrogen-bond acceptors (Lipinski definition) is 5. The third-order valence-electron chi connectivity index (χ3n) is 2.18. The minimum atomic E-state index is -0.535. The molecule has 0 aliphatic heterocycles. The fourth-order valence-electron chi connectivity index (χ4n) is 1.26. The van der Waals surface area contributed by atoms with Crippen molar-refractivity contribution in [2.75, 3.05) is 12.0 Å². The van der Waals surface area contributed by atoms with E-state index in [1.54, 1.807) is 12.1 Å². The number of anilines is 1. The van der Waals surface area contributed by atoms with Crippen LogP contribution in [0.2, 0.25) is 0 Å². The Balaban J connectivity index is 2.98. The van der Waals surface area contributed by atoms with E-state index in [0.29, 0.717) is 6.61 Å². The second-order valence-corrected chi connectivity index (χ2v) is 4.42. The summed E-state index contributed by atoms with van der Waals surface area (Å²) in [6.07, 6.45) is 0. The van der Waals surface area contributed by atoms with Gasteiger partial charge in [0, 0.05) is 0 Å². The van der Waals surface area contributed by atoms with E-state index >= 15 is 0 Å². The molecule has 0 aromatic heterocycles. The third-order valence-corrected chi connectivity index (χ3v) is 2.18. The zero-order chi connectivity index (χ0) is 15.1. The topological polar surface area (TPSA) is 107 Å². The normalized spacial score (nSPS) is 11.1. The van der Waals surface area contributed by atoms with Gasteiger partial charge >= 0.3 is 0 Å². The van der Waals surface area contributed by atoms with Crippen LogP contribution in [-0.4, -0.2) is 18.2 Å². The maximum Gasteiger partial charge on any atom is 0.201 e. The summed E-state index contributed by atoms with van der Waals surface area (Å²) >= 11 is 0. The number of benzene rings is 1. The van der Waals surface area contributed by atoms with Crippen molar-refractivity contribution in [3.63, 3.8) is 0 Å². The van der Waals surface area contributed by atoms with E-state index < -0.39 is 11.7 Å². The molecule has 0 spiro atoms. The van der Waals surface area contributed by atoms with Crippen molar-refractivity contribution in [3.8, 4) is 11.8 Å². The van der Waals surface area contributed by atoms with E-state index in [-0.39, 0.29) is 23.1 Å². The van der Waals surface area contributed by atoms with E-state index in [1.165, 1.54) is 12.1 Å². The second-order valence-electron chi connectivity index (χ2n) is 4.42. The smallest absolute Gasteiger partial charge is 0.201 e. The maximum absolute atomic E-state index is 13.7. The number of rotatable bonds is 6. The van der Waals surface area contributed by atoms with Gasteiger partial charge in [-0.3, -0.25) is 10.8 Å². The number of nitrogens with zero attached hydrogens (tertiary/aromatic N) is 2. The number of para-hydroxylation sites is 1. The molecular weight excluding hydrogens is 261 g/mol. The summed E-state index contributed by atoms with van der Waals surface area (Å²) in [5.41, 5.74) is 7.63. The Kier molecular flexibility index (Phi) is 5.47. The van der Waals surface area contributed by atoms with Crippen LogP contribution in [0.1, 0.15) is 13.8 Å². The monoisotopic (exact) mass is 277 g/mol. The molecule has 0 radical (unpaired) electrons. The lowest BCUT2D eigenvalue weighted by Crippen LogP contribution is -2.22. The highest BCUT2D eigenvalue weighted by Crippen LogP contribution is 2.28. The number of hydrazone groups is 1. The Morgan fingerprint density at radius 2 is 2.30 bits per heavy atom. The van der Waals surface area contributed by atoms with Gasteiger partial charge in [0.25, 0.3) is 0 Å². The molecule has 6 nitrogen and oxygen atoms in total. The van der Waals surface area contributed by atoms with Crippen LogP contribution in [0, 0.1) is 28.5 Å². The number of nitriles is 1. The standard InChI is InChI=1S/C13H16FN5O/c1-8(2)7-20-12-9(14)4-3-5-10(12)18-19-11(6-15)13(16)17/h3-5,8,18H,7H2,1-2H3,(H3,16,17)/b19-11+. The molecule has 1 aromatic rings. The molecule has 7 heteroatoms. The van der Waals surface area contributed by atoms with Gasteiger partial charge in [-0.1, -0.05) is 19.9 Å². The number of nitrogens with two attached hydrogens (primary N) is 1. The minimum Gasteiger partial charge on any atom is -0.488 e. The Morgan fingerprint density at radius 3 is 2.85 bits per heavy atom. The van der Waals surface area contributed by atoms with E-state index in [2.05, 4.69) is 10.5 Å². The molecule has 0 heterocycles. The van der Waals surface area contributed by atoms with Gasteiger partial charge < -0.3 is 10.5 Å². The summed E-state index contributed by atoms with van der Waals surface area (Å²) in [5.74, 6) is -0.753. The minimum absolute atomic E-state index is 0.0193. The summed E-state index contributed by atoms with van der Waals surface area (Å²) in [5, 5.41) is 19.5. The molecule has 0 saturated heterocycles. The largest absolute Gasteiger partial charge is 0.488 e. The Hall–Kier alpha value is -2.62. The van der Waals surface area contributed by atoms with E-state index in [1.807, 2.05) is 13.8 Å². The quantitative estimate of drug-likeness (QED) is 0.420. The fourth-order valence-corrected chi connectivity index (χ4v) is 1.26. The predicted molar refractivity (Wildman–Crippen MR) is 75.3 cm³/mol. The first kappa shape index (κ1) is 15.4. The molecule has 0 atom stereocenters. The van der Waals surface area contributed by atoms with Crippen molar-refractivity contribution < 1.29 is 9.13 Å². The summed E-state index contributed by atoms with van der Waals surface area (Å²) in [6, 6.07) is 5.96. The average Bonchev–Trinajstić information content (AvgIpc) is 2.37. The van der Waals surface area contributed by atoms with E-state index in [4.69, 9.17) is 21.1 Å². The molecule has 1 aromatic carbocycles. The first-order chi connectivity index (χ1) is 9.45. The van der Waals surface area contributed by atoms with Gasteiger partial charge in [-0.05, 0) is 18.1 Å². The fraction of sp³-hybridized carbons (Fsp3) is 0.308. The second kappa shape index (κ2) is 7.09. The van der Waals surface area contributed by atoms with Gasteiger partial charge in [-0.15, -0.1) is 0 Å². The number of halogens is 1. The number of nitrogens with one attached hydrogen (secondary N) is 2. The van der Waals surface area contributed by atoms with Crippen LogP contribution >= 0.6 is 0 Å². The van der Waals surface area contributed by atoms with Crippen LogP contribution < -0.4 is 15.9 Å². The molecule has 0 aliphatic carbocycles. The molecule has 106 valence electrons. The molecule has 0 amide bonds.